The molecule has 76 heavy (non-hydrogen) atoms. The summed E-state index contributed by atoms with van der Waals surface area (Å²) in [5.74, 6) is 0. The van der Waals surface area contributed by atoms with Crippen molar-refractivity contribution >= 4 is 55.3 Å². The highest BCUT2D eigenvalue weighted by Gasteiger charge is 2.49. The number of nitrogens with one attached hydrogen (secondary N) is 1. The molecule has 0 saturated heterocycles. The lowest BCUT2D eigenvalue weighted by atomic mass is 9.65. The highest BCUT2D eigenvalue weighted by molar-refractivity contribution is 6.11. The summed E-state index contributed by atoms with van der Waals surface area (Å²) in [6, 6.07) is 97.3. The molecule has 0 fully saturated rings. The number of rotatable bonds is 6. The van der Waals surface area contributed by atoms with Crippen LogP contribution < -0.4 is 5.32 Å². The molecule has 0 aliphatic heterocycles. The molecule has 2 aromatic heterocycles. The first-order valence-corrected chi connectivity index (χ1v) is 26.1. The van der Waals surface area contributed by atoms with Gasteiger partial charge in [-0.25, -0.2) is 0 Å². The van der Waals surface area contributed by atoms with Crippen LogP contribution in [0, 0.1) is 0 Å². The number of furan rings is 2. The van der Waals surface area contributed by atoms with E-state index in [1.807, 2.05) is 24.3 Å². The maximum absolute atomic E-state index is 6.58. The average molecular weight is 968 g/mol. The number of anilines is 2. The smallest absolute Gasteiger partial charge is 0.143 e. The Morgan fingerprint density at radius 1 is 0.250 bits per heavy atom. The van der Waals surface area contributed by atoms with Crippen LogP contribution in [0.1, 0.15) is 22.3 Å². The number of benzene rings is 12. The Hall–Kier alpha value is -9.96. The molecule has 3 heteroatoms. The summed E-state index contributed by atoms with van der Waals surface area (Å²) in [5, 5.41) is 8.35. The summed E-state index contributed by atoms with van der Waals surface area (Å²) in [4.78, 5) is 0. The Bertz CT molecular complexity index is 4600. The zero-order valence-corrected chi connectivity index (χ0v) is 41.2. The maximum Gasteiger partial charge on any atom is 0.143 e. The van der Waals surface area contributed by atoms with Crippen molar-refractivity contribution in [2.45, 2.75) is 5.41 Å². The molecule has 0 saturated carbocycles. The van der Waals surface area contributed by atoms with Gasteiger partial charge in [0, 0.05) is 49.6 Å². The Balaban J connectivity index is 0.798. The van der Waals surface area contributed by atoms with E-state index in [1.165, 1.54) is 61.2 Å². The number of para-hydroxylation sites is 4. The predicted molar refractivity (Wildman–Crippen MR) is 314 cm³/mol. The van der Waals surface area contributed by atoms with Crippen molar-refractivity contribution in [2.24, 2.45) is 0 Å². The second-order valence-electron chi connectivity index (χ2n) is 20.3. The minimum atomic E-state index is -0.535. The standard InChI is InChI=1S/C73H45NO2/c1-2-16-54-53(15-1)55-17-3-8-26-64(55)73(65-27-9-4-18-56(54)65)66-28-10-5-19-57(66)58-41-37-48(44-67(58)73)45-35-39-50(40-36-45)74-68-42-38-49(52-23-14-25-62-60-21-7-12-30-70(60)76-72(52)62)43-63(68)47-33-31-46(32-34-47)51-22-13-24-61-59-20-6-11-29-69(59)75-71(51)61/h1-44,74H. The van der Waals surface area contributed by atoms with Crippen LogP contribution >= 0.6 is 0 Å². The molecule has 12 aromatic carbocycles. The van der Waals surface area contributed by atoms with Gasteiger partial charge in [0.1, 0.15) is 22.3 Å². The van der Waals surface area contributed by atoms with E-state index in [0.29, 0.717) is 0 Å². The Labute approximate surface area is 439 Å². The summed E-state index contributed by atoms with van der Waals surface area (Å²) in [6.07, 6.45) is 0. The number of fused-ring (bicyclic) bond motifs is 18. The van der Waals surface area contributed by atoms with Crippen molar-refractivity contribution in [2.75, 3.05) is 5.32 Å². The van der Waals surface area contributed by atoms with Gasteiger partial charge in [-0.2, -0.15) is 0 Å². The van der Waals surface area contributed by atoms with Crippen LogP contribution in [0.15, 0.2) is 276 Å². The van der Waals surface area contributed by atoms with E-state index < -0.39 is 5.41 Å². The van der Waals surface area contributed by atoms with Gasteiger partial charge in [0.15, 0.2) is 0 Å². The molecule has 1 N–H and O–H groups in total. The normalized spacial score (nSPS) is 12.8. The molecule has 1 spiro atoms. The van der Waals surface area contributed by atoms with Gasteiger partial charge in [0.2, 0.25) is 0 Å². The molecule has 0 atom stereocenters. The van der Waals surface area contributed by atoms with Crippen LogP contribution in [-0.2, 0) is 5.41 Å². The van der Waals surface area contributed by atoms with E-state index in [4.69, 9.17) is 8.83 Å². The first-order chi connectivity index (χ1) is 37.7. The van der Waals surface area contributed by atoms with Crippen molar-refractivity contribution in [3.8, 4) is 77.9 Å². The molecular weight excluding hydrogens is 923 g/mol. The van der Waals surface area contributed by atoms with Crippen LogP contribution in [0.5, 0.6) is 0 Å². The van der Waals surface area contributed by atoms with Crippen LogP contribution in [-0.4, -0.2) is 0 Å². The molecule has 0 radical (unpaired) electrons. The minimum absolute atomic E-state index is 0.535. The number of hydrogen-bond donors (Lipinski definition) is 1. The van der Waals surface area contributed by atoms with E-state index in [-0.39, 0.29) is 0 Å². The Morgan fingerprint density at radius 2 is 0.658 bits per heavy atom. The monoisotopic (exact) mass is 967 g/mol. The first kappa shape index (κ1) is 42.5. The van der Waals surface area contributed by atoms with E-state index in [2.05, 4.69) is 248 Å². The molecular formula is C73H45NO2. The summed E-state index contributed by atoms with van der Waals surface area (Å²) in [7, 11) is 0. The third kappa shape index (κ3) is 6.23. The lowest BCUT2D eigenvalue weighted by molar-refractivity contribution is 0.669. The second-order valence-corrected chi connectivity index (χ2v) is 20.3. The van der Waals surface area contributed by atoms with Crippen LogP contribution in [0.4, 0.5) is 11.4 Å². The molecule has 2 aliphatic rings. The fraction of sp³-hybridized carbons (Fsp3) is 0.0137. The van der Waals surface area contributed by atoms with Crippen molar-refractivity contribution in [1.82, 2.24) is 0 Å². The van der Waals surface area contributed by atoms with Crippen molar-refractivity contribution in [3.05, 3.63) is 289 Å². The Morgan fingerprint density at radius 3 is 1.24 bits per heavy atom. The third-order valence-corrected chi connectivity index (χ3v) is 16.4. The molecule has 354 valence electrons. The highest BCUT2D eigenvalue weighted by Crippen LogP contribution is 2.62. The van der Waals surface area contributed by atoms with Crippen LogP contribution in [0.3, 0.4) is 0 Å². The Kier molecular flexibility index (Phi) is 9.25. The third-order valence-electron chi connectivity index (χ3n) is 16.4. The summed E-state index contributed by atoms with van der Waals surface area (Å²) in [6.45, 7) is 0. The zero-order chi connectivity index (χ0) is 49.9. The van der Waals surface area contributed by atoms with Gasteiger partial charge >= 0.3 is 0 Å². The predicted octanol–water partition coefficient (Wildman–Crippen LogP) is 19.9. The van der Waals surface area contributed by atoms with Gasteiger partial charge in [-0.15, -0.1) is 0 Å². The van der Waals surface area contributed by atoms with Crippen molar-refractivity contribution < 1.29 is 8.83 Å². The van der Waals surface area contributed by atoms with E-state index in [0.717, 1.165) is 94.2 Å². The topological polar surface area (TPSA) is 38.3 Å². The fourth-order valence-electron chi connectivity index (χ4n) is 13.0. The molecule has 2 heterocycles. The summed E-state index contributed by atoms with van der Waals surface area (Å²) < 4.78 is 13.1. The SMILES string of the molecule is c1ccc2c(c1)-c1ccccc1C1(c3ccccc3-2)c2ccccc2-c2ccc(-c3ccc(Nc4ccc(-c5cccc6c5oc5ccccc56)cc4-c4ccc(-c5cccc6c5oc5ccccc56)cc4)cc3)cc21. The van der Waals surface area contributed by atoms with Gasteiger partial charge in [0.25, 0.3) is 0 Å². The average Bonchev–Trinajstić information content (AvgIpc) is 4.19. The largest absolute Gasteiger partial charge is 0.455 e. The van der Waals surface area contributed by atoms with Gasteiger partial charge < -0.3 is 14.2 Å². The van der Waals surface area contributed by atoms with E-state index in [1.54, 1.807) is 0 Å². The first-order valence-electron chi connectivity index (χ1n) is 26.1. The lowest BCUT2D eigenvalue weighted by Crippen LogP contribution is -2.29. The molecule has 0 unspecified atom stereocenters. The molecule has 0 amide bonds. The summed E-state index contributed by atoms with van der Waals surface area (Å²) in [5.41, 5.74) is 26.7. The molecule has 14 aromatic rings. The van der Waals surface area contributed by atoms with Crippen molar-refractivity contribution in [1.29, 1.82) is 0 Å². The molecule has 2 aliphatic carbocycles. The minimum Gasteiger partial charge on any atom is -0.455 e. The molecule has 16 rings (SSSR count). The maximum atomic E-state index is 6.58. The number of hydrogen-bond acceptors (Lipinski definition) is 3. The summed E-state index contributed by atoms with van der Waals surface area (Å²) >= 11 is 0. The molecule has 3 nitrogen and oxygen atoms in total. The van der Waals surface area contributed by atoms with E-state index >= 15 is 0 Å². The van der Waals surface area contributed by atoms with Crippen LogP contribution in [0.2, 0.25) is 0 Å². The highest BCUT2D eigenvalue weighted by atomic mass is 16.3. The van der Waals surface area contributed by atoms with Gasteiger partial charge in [-0.3, -0.25) is 0 Å². The van der Waals surface area contributed by atoms with Crippen LogP contribution in [0.25, 0.3) is 122 Å². The van der Waals surface area contributed by atoms with E-state index in [9.17, 15) is 0 Å². The van der Waals surface area contributed by atoms with Gasteiger partial charge in [-0.05, 0) is 126 Å². The fourth-order valence-corrected chi connectivity index (χ4v) is 13.0. The van der Waals surface area contributed by atoms with Gasteiger partial charge in [0.05, 0.1) is 5.41 Å². The quantitative estimate of drug-likeness (QED) is 0.180. The lowest BCUT2D eigenvalue weighted by Gasteiger charge is -2.35. The molecule has 0 bridgehead atoms. The van der Waals surface area contributed by atoms with Crippen molar-refractivity contribution in [3.63, 3.8) is 0 Å². The van der Waals surface area contributed by atoms with Gasteiger partial charge in [-0.1, -0.05) is 224 Å². The zero-order valence-electron chi connectivity index (χ0n) is 41.2. The second kappa shape index (κ2) is 16.5.